The number of terminal acetylenes is 1. The molecule has 0 aliphatic rings. The van der Waals surface area contributed by atoms with Crippen molar-refractivity contribution < 1.29 is 17.3 Å². The average molecular weight is 240 g/mol. The molecule has 86 valence electrons. The Balaban J connectivity index is 2.64. The first kappa shape index (κ1) is 12.6. The molecule has 0 saturated heterocycles. The van der Waals surface area contributed by atoms with Crippen molar-refractivity contribution in [1.29, 1.82) is 0 Å². The Bertz CT molecular complexity index is 468. The third-order valence-corrected chi connectivity index (χ3v) is 3.14. The van der Waals surface area contributed by atoms with E-state index in [2.05, 4.69) is 4.74 Å². The molecule has 1 aromatic rings. The quantitative estimate of drug-likeness (QED) is 0.442. The number of hydrogen-bond donors (Lipinski definition) is 0. The summed E-state index contributed by atoms with van der Waals surface area (Å²) in [5.74, 6) is 0. The standard InChI is InChI=1S/C11H12O4S/c1-3-14-8-9-15-16(12,13)11-6-4-10(2)5-7-11/h1,4-7H,8-9H2,2H3. The lowest BCUT2D eigenvalue weighted by Gasteiger charge is -2.04. The van der Waals surface area contributed by atoms with Crippen LogP contribution >= 0.6 is 0 Å². The molecule has 0 unspecified atom stereocenters. The third kappa shape index (κ3) is 3.57. The second-order valence-corrected chi connectivity index (χ2v) is 4.67. The predicted molar refractivity (Wildman–Crippen MR) is 59.1 cm³/mol. The van der Waals surface area contributed by atoms with Gasteiger partial charge in [0.25, 0.3) is 10.1 Å². The molecule has 1 rings (SSSR count). The summed E-state index contributed by atoms with van der Waals surface area (Å²) in [5.41, 5.74) is 0.981. The summed E-state index contributed by atoms with van der Waals surface area (Å²) in [6.45, 7) is 1.82. The van der Waals surface area contributed by atoms with E-state index >= 15 is 0 Å². The lowest BCUT2D eigenvalue weighted by Crippen LogP contribution is -2.10. The highest BCUT2D eigenvalue weighted by molar-refractivity contribution is 7.86. The maximum Gasteiger partial charge on any atom is 0.297 e. The molecule has 0 amide bonds. The van der Waals surface area contributed by atoms with Crippen LogP contribution in [0.1, 0.15) is 5.56 Å². The molecule has 0 radical (unpaired) electrons. The average Bonchev–Trinajstić information content (AvgIpc) is 2.25. The van der Waals surface area contributed by atoms with E-state index in [-0.39, 0.29) is 18.1 Å². The van der Waals surface area contributed by atoms with E-state index in [9.17, 15) is 8.42 Å². The molecule has 0 heterocycles. The Kier molecular flexibility index (Phi) is 4.35. The van der Waals surface area contributed by atoms with Crippen molar-refractivity contribution in [2.75, 3.05) is 13.2 Å². The van der Waals surface area contributed by atoms with Gasteiger partial charge in [0.05, 0.1) is 4.90 Å². The highest BCUT2D eigenvalue weighted by atomic mass is 32.2. The van der Waals surface area contributed by atoms with Crippen LogP contribution in [0.15, 0.2) is 29.2 Å². The van der Waals surface area contributed by atoms with Crippen LogP contribution in [0.4, 0.5) is 0 Å². The van der Waals surface area contributed by atoms with Crippen molar-refractivity contribution in [3.63, 3.8) is 0 Å². The smallest absolute Gasteiger partial charge is 0.297 e. The third-order valence-electron chi connectivity index (χ3n) is 1.82. The van der Waals surface area contributed by atoms with Crippen LogP contribution in [0, 0.1) is 19.5 Å². The fourth-order valence-electron chi connectivity index (χ4n) is 1.02. The summed E-state index contributed by atoms with van der Waals surface area (Å²) in [6, 6.07) is 6.39. The van der Waals surface area contributed by atoms with E-state index in [1.165, 1.54) is 12.1 Å². The number of ether oxygens (including phenoxy) is 1. The van der Waals surface area contributed by atoms with Crippen molar-refractivity contribution in [2.24, 2.45) is 0 Å². The Morgan fingerprint density at radius 2 is 1.88 bits per heavy atom. The normalized spacial score (nSPS) is 10.8. The van der Waals surface area contributed by atoms with E-state index < -0.39 is 10.1 Å². The Hall–Kier alpha value is -1.51. The van der Waals surface area contributed by atoms with Gasteiger partial charge in [-0.25, -0.2) is 0 Å². The van der Waals surface area contributed by atoms with Crippen LogP contribution < -0.4 is 0 Å². The minimum Gasteiger partial charge on any atom is -0.444 e. The van der Waals surface area contributed by atoms with Crippen molar-refractivity contribution >= 4 is 10.1 Å². The summed E-state index contributed by atoms with van der Waals surface area (Å²) in [7, 11) is -3.71. The number of aryl methyl sites for hydroxylation is 1. The van der Waals surface area contributed by atoms with Crippen molar-refractivity contribution in [3.05, 3.63) is 29.8 Å². The molecule has 4 nitrogen and oxygen atoms in total. The van der Waals surface area contributed by atoms with Gasteiger partial charge in [0.2, 0.25) is 0 Å². The van der Waals surface area contributed by atoms with E-state index in [0.29, 0.717) is 0 Å². The van der Waals surface area contributed by atoms with Crippen LogP contribution in [-0.4, -0.2) is 21.6 Å². The van der Waals surface area contributed by atoms with Gasteiger partial charge < -0.3 is 4.74 Å². The summed E-state index contributed by atoms with van der Waals surface area (Å²) >= 11 is 0. The fourth-order valence-corrected chi connectivity index (χ4v) is 1.91. The molecule has 0 aliphatic carbocycles. The molecule has 5 heteroatoms. The van der Waals surface area contributed by atoms with Gasteiger partial charge in [0.1, 0.15) is 19.3 Å². The maximum absolute atomic E-state index is 11.6. The molecule has 0 atom stereocenters. The zero-order chi connectivity index (χ0) is 12.0. The highest BCUT2D eigenvalue weighted by Crippen LogP contribution is 2.12. The van der Waals surface area contributed by atoms with Crippen LogP contribution in [0.5, 0.6) is 0 Å². The fraction of sp³-hybridized carbons (Fsp3) is 0.273. The number of rotatable bonds is 5. The maximum atomic E-state index is 11.6. The molecule has 0 N–H and O–H groups in total. The van der Waals surface area contributed by atoms with Gasteiger partial charge in [0, 0.05) is 0 Å². The Morgan fingerprint density at radius 3 is 2.44 bits per heavy atom. The monoisotopic (exact) mass is 240 g/mol. The lowest BCUT2D eigenvalue weighted by molar-refractivity contribution is 0.199. The lowest BCUT2D eigenvalue weighted by atomic mass is 10.2. The Morgan fingerprint density at radius 1 is 1.25 bits per heavy atom. The zero-order valence-corrected chi connectivity index (χ0v) is 9.66. The van der Waals surface area contributed by atoms with E-state index in [0.717, 1.165) is 5.56 Å². The van der Waals surface area contributed by atoms with Gasteiger partial charge in [0.15, 0.2) is 0 Å². The first-order valence-corrected chi connectivity index (χ1v) is 6.00. The summed E-state index contributed by atoms with van der Waals surface area (Å²) in [4.78, 5) is 0.124. The van der Waals surface area contributed by atoms with Gasteiger partial charge in [-0.05, 0) is 19.1 Å². The van der Waals surface area contributed by atoms with Gasteiger partial charge in [-0.2, -0.15) is 8.42 Å². The first-order valence-electron chi connectivity index (χ1n) is 4.60. The second kappa shape index (κ2) is 5.54. The number of hydrogen-bond acceptors (Lipinski definition) is 4. The highest BCUT2D eigenvalue weighted by Gasteiger charge is 2.14. The largest absolute Gasteiger partial charge is 0.444 e. The predicted octanol–water partition coefficient (Wildman–Crippen LogP) is 1.31. The molecule has 0 aliphatic heterocycles. The van der Waals surface area contributed by atoms with Crippen molar-refractivity contribution in [3.8, 4) is 12.5 Å². The minimum absolute atomic E-state index is 0.0432. The van der Waals surface area contributed by atoms with Gasteiger partial charge in [-0.1, -0.05) is 24.1 Å². The number of benzene rings is 1. The van der Waals surface area contributed by atoms with Crippen LogP contribution in [0.2, 0.25) is 0 Å². The zero-order valence-electron chi connectivity index (χ0n) is 8.84. The summed E-state index contributed by atoms with van der Waals surface area (Å²) in [6.07, 6.45) is 6.76. The molecule has 1 aromatic carbocycles. The molecule has 0 aromatic heterocycles. The van der Waals surface area contributed by atoms with Crippen molar-refractivity contribution in [1.82, 2.24) is 0 Å². The van der Waals surface area contributed by atoms with E-state index in [4.69, 9.17) is 10.6 Å². The molecule has 0 saturated carbocycles. The molecule has 16 heavy (non-hydrogen) atoms. The van der Waals surface area contributed by atoms with Gasteiger partial charge in [-0.3, -0.25) is 4.18 Å². The van der Waals surface area contributed by atoms with Crippen LogP contribution in [0.25, 0.3) is 0 Å². The summed E-state index contributed by atoms with van der Waals surface area (Å²) in [5, 5.41) is 0. The molecule has 0 bridgehead atoms. The molecule has 0 fully saturated rings. The first-order chi connectivity index (χ1) is 7.56. The summed E-state index contributed by atoms with van der Waals surface area (Å²) < 4.78 is 32.4. The molecular weight excluding hydrogens is 228 g/mol. The van der Waals surface area contributed by atoms with E-state index in [1.54, 1.807) is 12.1 Å². The SMILES string of the molecule is C#COCCOS(=O)(=O)c1ccc(C)cc1. The van der Waals surface area contributed by atoms with Crippen molar-refractivity contribution in [2.45, 2.75) is 11.8 Å². The molecule has 0 spiro atoms. The second-order valence-electron chi connectivity index (χ2n) is 3.06. The Labute approximate surface area is 95.3 Å². The van der Waals surface area contributed by atoms with Crippen LogP contribution in [0.3, 0.4) is 0 Å². The van der Waals surface area contributed by atoms with Crippen LogP contribution in [-0.2, 0) is 19.0 Å². The topological polar surface area (TPSA) is 52.6 Å². The minimum atomic E-state index is -3.71. The molecular formula is C11H12O4S. The van der Waals surface area contributed by atoms with E-state index in [1.807, 2.05) is 13.0 Å². The van der Waals surface area contributed by atoms with Gasteiger partial charge >= 0.3 is 0 Å². The van der Waals surface area contributed by atoms with Gasteiger partial charge in [-0.15, -0.1) is 0 Å².